The van der Waals surface area contributed by atoms with E-state index in [2.05, 4.69) is 0 Å². The van der Waals surface area contributed by atoms with Gasteiger partial charge in [-0.2, -0.15) is 5.26 Å². The molecular formula is C13H6ClFNO3S-. The van der Waals surface area contributed by atoms with Crippen molar-refractivity contribution in [1.29, 1.82) is 5.26 Å². The number of hydrogen-bond donors (Lipinski definition) is 0. The van der Waals surface area contributed by atoms with Crippen LogP contribution in [0.2, 0.25) is 5.02 Å². The first-order chi connectivity index (χ1) is 9.49. The van der Waals surface area contributed by atoms with Gasteiger partial charge in [0.15, 0.2) is 0 Å². The molecule has 0 aliphatic carbocycles. The largest absolute Gasteiger partial charge is 0.768 e. The van der Waals surface area contributed by atoms with Crippen molar-refractivity contribution in [1.82, 2.24) is 0 Å². The first kappa shape index (κ1) is 14.5. The molecule has 0 aromatic heterocycles. The molecule has 0 aliphatic rings. The third-order valence-electron chi connectivity index (χ3n) is 2.33. The summed E-state index contributed by atoms with van der Waals surface area (Å²) in [5.41, 5.74) is 0.0204. The van der Waals surface area contributed by atoms with Crippen LogP contribution in [0.15, 0.2) is 41.3 Å². The highest BCUT2D eigenvalue weighted by atomic mass is 35.5. The molecule has 0 amide bonds. The van der Waals surface area contributed by atoms with Crippen LogP contribution in [0.1, 0.15) is 5.56 Å². The minimum Gasteiger partial charge on any atom is -0.768 e. The molecule has 0 spiro atoms. The highest BCUT2D eigenvalue weighted by molar-refractivity contribution is 7.79. The summed E-state index contributed by atoms with van der Waals surface area (Å²) in [5, 5.41) is 9.13. The predicted molar refractivity (Wildman–Crippen MR) is 69.8 cm³/mol. The van der Waals surface area contributed by atoms with E-state index in [1.807, 2.05) is 6.07 Å². The van der Waals surface area contributed by atoms with Crippen molar-refractivity contribution in [3.63, 3.8) is 0 Å². The number of halogens is 2. The lowest BCUT2D eigenvalue weighted by atomic mass is 10.2. The van der Waals surface area contributed by atoms with Gasteiger partial charge >= 0.3 is 0 Å². The fraction of sp³-hybridized carbons (Fsp3) is 0. The van der Waals surface area contributed by atoms with Crippen LogP contribution in [0, 0.1) is 17.1 Å². The van der Waals surface area contributed by atoms with Crippen LogP contribution in [0.5, 0.6) is 11.5 Å². The molecule has 2 aromatic carbocycles. The van der Waals surface area contributed by atoms with E-state index in [1.165, 1.54) is 24.3 Å². The molecule has 0 heterocycles. The van der Waals surface area contributed by atoms with Crippen LogP contribution in [0.4, 0.5) is 4.39 Å². The molecule has 4 nitrogen and oxygen atoms in total. The van der Waals surface area contributed by atoms with Crippen molar-refractivity contribution in [3.05, 3.63) is 52.8 Å². The van der Waals surface area contributed by atoms with Gasteiger partial charge in [0.1, 0.15) is 23.4 Å². The molecule has 0 aliphatic heterocycles. The van der Waals surface area contributed by atoms with Crippen LogP contribution >= 0.6 is 11.6 Å². The van der Waals surface area contributed by atoms with Crippen LogP contribution < -0.4 is 4.74 Å². The van der Waals surface area contributed by atoms with Gasteiger partial charge < -0.3 is 9.29 Å². The first-order valence-electron chi connectivity index (χ1n) is 5.27. The molecule has 102 valence electrons. The second-order valence-corrected chi connectivity index (χ2v) is 5.09. The van der Waals surface area contributed by atoms with Crippen LogP contribution in [0.25, 0.3) is 0 Å². The number of hydrogen-bond acceptors (Lipinski definition) is 4. The number of benzene rings is 2. The van der Waals surface area contributed by atoms with Crippen LogP contribution in [0.3, 0.4) is 0 Å². The molecule has 0 radical (unpaired) electrons. The number of rotatable bonds is 3. The Labute approximate surface area is 121 Å². The van der Waals surface area contributed by atoms with Gasteiger partial charge in [-0.1, -0.05) is 11.6 Å². The predicted octanol–water partition coefficient (Wildman–Crippen LogP) is 3.38. The Morgan fingerprint density at radius 3 is 2.65 bits per heavy atom. The van der Waals surface area contributed by atoms with Crippen LogP contribution in [-0.4, -0.2) is 8.76 Å². The smallest absolute Gasteiger partial charge is 0.145 e. The molecular weight excluding hydrogens is 305 g/mol. The SMILES string of the molecule is N#Cc1cc(S(=O)[O-])ccc1Oc1cc(F)cc(Cl)c1. The van der Waals surface area contributed by atoms with E-state index < -0.39 is 16.9 Å². The van der Waals surface area contributed by atoms with Crippen molar-refractivity contribution >= 4 is 22.7 Å². The zero-order chi connectivity index (χ0) is 14.7. The Morgan fingerprint density at radius 2 is 2.05 bits per heavy atom. The molecule has 7 heteroatoms. The molecule has 0 saturated heterocycles. The monoisotopic (exact) mass is 310 g/mol. The van der Waals surface area contributed by atoms with E-state index in [0.717, 1.165) is 12.1 Å². The molecule has 1 atom stereocenters. The quantitative estimate of drug-likeness (QED) is 0.815. The van der Waals surface area contributed by atoms with Gasteiger partial charge in [0.25, 0.3) is 0 Å². The lowest BCUT2D eigenvalue weighted by Gasteiger charge is -2.10. The second kappa shape index (κ2) is 6.01. The Morgan fingerprint density at radius 1 is 1.30 bits per heavy atom. The maximum atomic E-state index is 13.2. The lowest BCUT2D eigenvalue weighted by Crippen LogP contribution is -1.93. The zero-order valence-electron chi connectivity index (χ0n) is 9.80. The van der Waals surface area contributed by atoms with Gasteiger partial charge in [0.2, 0.25) is 0 Å². The number of ether oxygens (including phenoxy) is 1. The second-order valence-electron chi connectivity index (χ2n) is 3.71. The molecule has 0 N–H and O–H groups in total. The van der Waals surface area contributed by atoms with Gasteiger partial charge in [0.05, 0.1) is 5.56 Å². The summed E-state index contributed by atoms with van der Waals surface area (Å²) in [4.78, 5) is -0.0359. The topological polar surface area (TPSA) is 73.2 Å². The standard InChI is InChI=1S/C13H7ClFNO3S/c14-9-4-10(15)6-11(5-9)19-13-2-1-12(20(17)18)3-8(13)7-16/h1-6H,(H,17,18)/p-1. The van der Waals surface area contributed by atoms with Crippen molar-refractivity contribution in [2.24, 2.45) is 0 Å². The summed E-state index contributed by atoms with van der Waals surface area (Å²) in [6.45, 7) is 0. The average molecular weight is 311 g/mol. The molecule has 20 heavy (non-hydrogen) atoms. The number of nitrogens with zero attached hydrogens (tertiary/aromatic N) is 1. The molecule has 2 aromatic rings. The summed E-state index contributed by atoms with van der Waals surface area (Å²) in [5.74, 6) is -0.353. The maximum Gasteiger partial charge on any atom is 0.145 e. The van der Waals surface area contributed by atoms with E-state index in [9.17, 15) is 13.2 Å². The fourth-order valence-corrected chi connectivity index (χ4v) is 2.11. The molecule has 2 rings (SSSR count). The van der Waals surface area contributed by atoms with Gasteiger partial charge in [-0.3, -0.25) is 4.21 Å². The maximum absolute atomic E-state index is 13.2. The van der Waals surface area contributed by atoms with Gasteiger partial charge in [-0.05, 0) is 41.4 Å². The Balaban J connectivity index is 2.38. The third-order valence-corrected chi connectivity index (χ3v) is 3.18. The molecule has 0 bridgehead atoms. The van der Waals surface area contributed by atoms with Crippen molar-refractivity contribution in [3.8, 4) is 17.6 Å². The molecule has 1 unspecified atom stereocenters. The van der Waals surface area contributed by atoms with E-state index in [4.69, 9.17) is 21.6 Å². The third kappa shape index (κ3) is 3.33. The first-order valence-corrected chi connectivity index (χ1v) is 6.72. The summed E-state index contributed by atoms with van der Waals surface area (Å²) in [7, 11) is 0. The van der Waals surface area contributed by atoms with Gasteiger partial charge in [-0.25, -0.2) is 4.39 Å². The van der Waals surface area contributed by atoms with Crippen molar-refractivity contribution in [2.75, 3.05) is 0 Å². The van der Waals surface area contributed by atoms with E-state index in [0.29, 0.717) is 0 Å². The number of nitriles is 1. The van der Waals surface area contributed by atoms with E-state index in [-0.39, 0.29) is 27.0 Å². The lowest BCUT2D eigenvalue weighted by molar-refractivity contribution is 0.474. The van der Waals surface area contributed by atoms with Gasteiger partial charge in [0, 0.05) is 16.0 Å². The molecule has 0 saturated carbocycles. The summed E-state index contributed by atoms with van der Waals surface area (Å²) in [6, 6.07) is 9.18. The highest BCUT2D eigenvalue weighted by Gasteiger charge is 2.08. The minimum absolute atomic E-state index is 0.0204. The van der Waals surface area contributed by atoms with Crippen molar-refractivity contribution in [2.45, 2.75) is 4.90 Å². The summed E-state index contributed by atoms with van der Waals surface area (Å²) >= 11 is 3.25. The normalized spacial score (nSPS) is 11.7. The summed E-state index contributed by atoms with van der Waals surface area (Å²) in [6.07, 6.45) is 0. The zero-order valence-corrected chi connectivity index (χ0v) is 11.4. The van der Waals surface area contributed by atoms with E-state index >= 15 is 0 Å². The highest BCUT2D eigenvalue weighted by Crippen LogP contribution is 2.29. The van der Waals surface area contributed by atoms with Crippen molar-refractivity contribution < 1.29 is 17.9 Å². The minimum atomic E-state index is -2.44. The fourth-order valence-electron chi connectivity index (χ4n) is 1.50. The summed E-state index contributed by atoms with van der Waals surface area (Å²) < 4.78 is 40.1. The molecule has 0 fully saturated rings. The Hall–Kier alpha value is -1.94. The average Bonchev–Trinajstić information content (AvgIpc) is 2.37. The van der Waals surface area contributed by atoms with Gasteiger partial charge in [-0.15, -0.1) is 0 Å². The van der Waals surface area contributed by atoms with E-state index in [1.54, 1.807) is 0 Å². The Kier molecular flexibility index (Phi) is 4.35. The van der Waals surface area contributed by atoms with Crippen LogP contribution in [-0.2, 0) is 11.1 Å². The Bertz CT molecular complexity index is 710.